The van der Waals surface area contributed by atoms with Crippen molar-refractivity contribution >= 4 is 23.5 Å². The highest BCUT2D eigenvalue weighted by Gasteiger charge is 2.28. The van der Waals surface area contributed by atoms with E-state index in [4.69, 9.17) is 9.47 Å². The Morgan fingerprint density at radius 2 is 0.967 bits per heavy atom. The van der Waals surface area contributed by atoms with E-state index in [1.165, 1.54) is 13.8 Å². The Kier molecular flexibility index (Phi) is 6.77. The minimum atomic E-state index is -0.457. The van der Waals surface area contributed by atoms with Crippen LogP contribution >= 0.6 is 0 Å². The lowest BCUT2D eigenvalue weighted by Gasteiger charge is -2.28. The number of carbonyl (C=O) groups is 4. The number of hydrogen-bond donors (Lipinski definition) is 0. The molecule has 1 aliphatic carbocycles. The van der Waals surface area contributed by atoms with E-state index in [0.29, 0.717) is 41.5 Å². The first-order chi connectivity index (χ1) is 14.3. The summed E-state index contributed by atoms with van der Waals surface area (Å²) < 4.78 is 11.2. The Morgan fingerprint density at radius 3 is 1.30 bits per heavy atom. The van der Waals surface area contributed by atoms with Crippen molar-refractivity contribution in [1.82, 2.24) is 0 Å². The van der Waals surface area contributed by atoms with E-state index in [-0.39, 0.29) is 23.8 Å². The maximum absolute atomic E-state index is 12.4. The smallest absolute Gasteiger partial charge is 0.338 e. The molecule has 6 nitrogen and oxygen atoms in total. The fourth-order valence-electron chi connectivity index (χ4n) is 3.44. The normalized spacial score (nSPS) is 18.3. The molecule has 0 saturated heterocycles. The molecule has 1 saturated carbocycles. The average Bonchev–Trinajstić information content (AvgIpc) is 2.74. The van der Waals surface area contributed by atoms with Crippen molar-refractivity contribution in [3.63, 3.8) is 0 Å². The van der Waals surface area contributed by atoms with Gasteiger partial charge < -0.3 is 9.47 Å². The predicted molar refractivity (Wildman–Crippen MR) is 110 cm³/mol. The molecule has 0 bridgehead atoms. The van der Waals surface area contributed by atoms with E-state index in [0.717, 1.165) is 6.42 Å². The molecule has 30 heavy (non-hydrogen) atoms. The molecule has 0 spiro atoms. The molecule has 1 aliphatic rings. The number of ketones is 2. The summed E-state index contributed by atoms with van der Waals surface area (Å²) in [5, 5.41) is 0. The number of esters is 2. The molecule has 3 rings (SSSR count). The lowest BCUT2D eigenvalue weighted by atomic mass is 9.94. The van der Waals surface area contributed by atoms with Crippen LogP contribution in [0.4, 0.5) is 0 Å². The topological polar surface area (TPSA) is 86.7 Å². The van der Waals surface area contributed by atoms with Gasteiger partial charge in [-0.25, -0.2) is 9.59 Å². The first-order valence-corrected chi connectivity index (χ1v) is 9.97. The Hall–Kier alpha value is -3.28. The Morgan fingerprint density at radius 1 is 0.633 bits per heavy atom. The number of Topliss-reactive ketones (excluding diaryl/α,β-unsaturated/α-hetero) is 2. The number of hydrogen-bond acceptors (Lipinski definition) is 6. The van der Waals surface area contributed by atoms with Crippen LogP contribution in [0.15, 0.2) is 48.5 Å². The second-order valence-electron chi connectivity index (χ2n) is 7.49. The van der Waals surface area contributed by atoms with E-state index >= 15 is 0 Å². The van der Waals surface area contributed by atoms with Crippen molar-refractivity contribution in [2.45, 2.75) is 51.7 Å². The maximum atomic E-state index is 12.4. The molecule has 0 amide bonds. The zero-order chi connectivity index (χ0) is 21.7. The van der Waals surface area contributed by atoms with Gasteiger partial charge in [0.05, 0.1) is 11.1 Å². The number of rotatable bonds is 6. The maximum Gasteiger partial charge on any atom is 0.338 e. The van der Waals surface area contributed by atoms with Crippen LogP contribution in [0.1, 0.15) is 81.0 Å². The van der Waals surface area contributed by atoms with Gasteiger partial charge in [-0.05, 0) is 57.4 Å². The van der Waals surface area contributed by atoms with E-state index in [1.807, 2.05) is 0 Å². The molecule has 1 fully saturated rings. The van der Waals surface area contributed by atoms with Gasteiger partial charge in [0.1, 0.15) is 12.2 Å². The molecule has 2 atom stereocenters. The monoisotopic (exact) mass is 408 g/mol. The molecular formula is C24H24O6. The average molecular weight is 408 g/mol. The summed E-state index contributed by atoms with van der Waals surface area (Å²) in [4.78, 5) is 47.5. The zero-order valence-electron chi connectivity index (χ0n) is 17.1. The van der Waals surface area contributed by atoms with Gasteiger partial charge in [-0.15, -0.1) is 0 Å². The van der Waals surface area contributed by atoms with Crippen molar-refractivity contribution in [2.75, 3.05) is 0 Å². The van der Waals surface area contributed by atoms with Gasteiger partial charge in [0.2, 0.25) is 0 Å². The summed E-state index contributed by atoms with van der Waals surface area (Å²) in [6.45, 7) is 2.93. The molecule has 2 aromatic rings. The lowest BCUT2D eigenvalue weighted by Crippen LogP contribution is -2.31. The molecule has 6 heteroatoms. The van der Waals surface area contributed by atoms with Crippen LogP contribution in [0.3, 0.4) is 0 Å². The van der Waals surface area contributed by atoms with Crippen LogP contribution in [0.2, 0.25) is 0 Å². The fourth-order valence-corrected chi connectivity index (χ4v) is 3.44. The fraction of sp³-hybridized carbons (Fsp3) is 0.333. The summed E-state index contributed by atoms with van der Waals surface area (Å²) in [5.74, 6) is -1.05. The molecule has 156 valence electrons. The van der Waals surface area contributed by atoms with Gasteiger partial charge in [-0.2, -0.15) is 0 Å². The lowest BCUT2D eigenvalue weighted by molar-refractivity contribution is -0.0177. The third-order valence-corrected chi connectivity index (χ3v) is 5.18. The number of ether oxygens (including phenoxy) is 2. The van der Waals surface area contributed by atoms with Crippen LogP contribution in [0, 0.1) is 0 Å². The largest absolute Gasteiger partial charge is 0.459 e. The van der Waals surface area contributed by atoms with E-state index in [9.17, 15) is 19.2 Å². The third kappa shape index (κ3) is 5.41. The summed E-state index contributed by atoms with van der Waals surface area (Å²) in [6, 6.07) is 12.7. The van der Waals surface area contributed by atoms with Crippen LogP contribution in [0.5, 0.6) is 0 Å². The second-order valence-corrected chi connectivity index (χ2v) is 7.49. The summed E-state index contributed by atoms with van der Waals surface area (Å²) in [6.07, 6.45) is 1.96. The van der Waals surface area contributed by atoms with Crippen molar-refractivity contribution in [3.05, 3.63) is 70.8 Å². The summed E-state index contributed by atoms with van der Waals surface area (Å²) in [7, 11) is 0. The Balaban J connectivity index is 1.55. The highest BCUT2D eigenvalue weighted by Crippen LogP contribution is 2.25. The van der Waals surface area contributed by atoms with Gasteiger partial charge in [-0.3, -0.25) is 9.59 Å². The van der Waals surface area contributed by atoms with Crippen LogP contribution < -0.4 is 0 Å². The molecule has 2 aromatic carbocycles. The molecule has 0 heterocycles. The summed E-state index contributed by atoms with van der Waals surface area (Å²) in [5.41, 5.74) is 1.83. The minimum Gasteiger partial charge on any atom is -0.459 e. The standard InChI is InChI=1S/C24H24O6/c1-15(25)17-6-10-19(11-7-17)23(27)29-21-4-3-5-22(14-21)30-24(28)20-12-8-18(9-13-20)16(2)26/h6-13,21-22H,3-5,14H2,1-2H3. The van der Waals surface area contributed by atoms with Gasteiger partial charge in [0.15, 0.2) is 11.6 Å². The van der Waals surface area contributed by atoms with Crippen molar-refractivity contribution in [1.29, 1.82) is 0 Å². The van der Waals surface area contributed by atoms with Gasteiger partial charge in [0, 0.05) is 17.5 Å². The molecule has 0 aliphatic heterocycles. The zero-order valence-corrected chi connectivity index (χ0v) is 17.1. The molecule has 2 unspecified atom stereocenters. The Labute approximate surface area is 175 Å². The Bertz CT molecular complexity index is 865. The van der Waals surface area contributed by atoms with Crippen LogP contribution in [-0.4, -0.2) is 35.7 Å². The second kappa shape index (κ2) is 9.48. The molecule has 0 N–H and O–H groups in total. The molecular weight excluding hydrogens is 384 g/mol. The first-order valence-electron chi connectivity index (χ1n) is 9.97. The highest BCUT2D eigenvalue weighted by molar-refractivity contribution is 5.96. The number of benzene rings is 2. The van der Waals surface area contributed by atoms with E-state index < -0.39 is 11.9 Å². The molecule has 0 aromatic heterocycles. The van der Waals surface area contributed by atoms with E-state index in [2.05, 4.69) is 0 Å². The first kappa shape index (κ1) is 21.4. The quantitative estimate of drug-likeness (QED) is 0.520. The highest BCUT2D eigenvalue weighted by atomic mass is 16.6. The summed E-state index contributed by atoms with van der Waals surface area (Å²) >= 11 is 0. The van der Waals surface area contributed by atoms with Gasteiger partial charge in [-0.1, -0.05) is 24.3 Å². The molecule has 0 radical (unpaired) electrons. The van der Waals surface area contributed by atoms with Crippen molar-refractivity contribution in [2.24, 2.45) is 0 Å². The predicted octanol–water partition coefficient (Wildman–Crippen LogP) is 4.42. The van der Waals surface area contributed by atoms with E-state index in [1.54, 1.807) is 48.5 Å². The van der Waals surface area contributed by atoms with Crippen LogP contribution in [0.25, 0.3) is 0 Å². The van der Waals surface area contributed by atoms with Gasteiger partial charge >= 0.3 is 11.9 Å². The van der Waals surface area contributed by atoms with Gasteiger partial charge in [0.25, 0.3) is 0 Å². The minimum absolute atomic E-state index is 0.0669. The SMILES string of the molecule is CC(=O)c1ccc(C(=O)OC2CCCC(OC(=O)c3ccc(C(C)=O)cc3)C2)cc1. The van der Waals surface area contributed by atoms with Crippen molar-refractivity contribution < 1.29 is 28.7 Å². The number of carbonyl (C=O) groups excluding carboxylic acids is 4. The third-order valence-electron chi connectivity index (χ3n) is 5.18. The van der Waals surface area contributed by atoms with Crippen molar-refractivity contribution in [3.8, 4) is 0 Å². The van der Waals surface area contributed by atoms with Crippen LogP contribution in [-0.2, 0) is 9.47 Å².